The third-order valence-corrected chi connectivity index (χ3v) is 5.33. The molecule has 1 saturated carbocycles. The van der Waals surface area contributed by atoms with Gasteiger partial charge in [0.15, 0.2) is 0 Å². The van der Waals surface area contributed by atoms with E-state index in [2.05, 4.69) is 29.2 Å². The lowest BCUT2D eigenvalue weighted by Crippen LogP contribution is -2.62. The minimum absolute atomic E-state index is 0.144. The van der Waals surface area contributed by atoms with E-state index in [-0.39, 0.29) is 11.6 Å². The van der Waals surface area contributed by atoms with E-state index in [0.29, 0.717) is 0 Å². The highest BCUT2D eigenvalue weighted by Gasteiger charge is 2.44. The van der Waals surface area contributed by atoms with Crippen LogP contribution in [0.1, 0.15) is 45.1 Å². The highest BCUT2D eigenvalue weighted by Crippen LogP contribution is 2.39. The van der Waals surface area contributed by atoms with Gasteiger partial charge < -0.3 is 0 Å². The van der Waals surface area contributed by atoms with Gasteiger partial charge >= 0.3 is 0 Å². The number of halogens is 1. The summed E-state index contributed by atoms with van der Waals surface area (Å²) in [5.41, 5.74) is 4.35. The van der Waals surface area contributed by atoms with Crippen molar-refractivity contribution >= 4 is 11.6 Å². The first-order valence-corrected chi connectivity index (χ1v) is 8.35. The first-order chi connectivity index (χ1) is 10.2. The smallest absolute Gasteiger partial charge is 0.0621 e. The molecular weight excluding hydrogens is 284 g/mol. The summed E-state index contributed by atoms with van der Waals surface area (Å²) in [4.78, 5) is 6.64. The molecule has 1 unspecified atom stereocenters. The molecule has 0 spiro atoms. The van der Waals surface area contributed by atoms with Gasteiger partial charge in [-0.2, -0.15) is 0 Å². The Morgan fingerprint density at radius 1 is 1.38 bits per heavy atom. The second kappa shape index (κ2) is 7.54. The van der Waals surface area contributed by atoms with Crippen molar-refractivity contribution in [1.82, 2.24) is 15.3 Å². The minimum Gasteiger partial charge on any atom is -0.297 e. The lowest BCUT2D eigenvalue weighted by atomic mass is 9.82. The number of hydrazine groups is 1. The van der Waals surface area contributed by atoms with Crippen molar-refractivity contribution < 1.29 is 0 Å². The van der Waals surface area contributed by atoms with E-state index in [1.54, 1.807) is 12.4 Å². The summed E-state index contributed by atoms with van der Waals surface area (Å²) in [6.45, 7) is 6.57. The summed E-state index contributed by atoms with van der Waals surface area (Å²) >= 11 is 6.28. The van der Waals surface area contributed by atoms with Crippen LogP contribution in [-0.2, 0) is 6.42 Å². The fourth-order valence-electron chi connectivity index (χ4n) is 3.92. The van der Waals surface area contributed by atoms with E-state index < -0.39 is 0 Å². The van der Waals surface area contributed by atoms with Crippen LogP contribution >= 0.6 is 11.6 Å². The molecule has 1 fully saturated rings. The number of pyridine rings is 1. The average Bonchev–Trinajstić information content (AvgIpc) is 2.98. The molecule has 21 heavy (non-hydrogen) atoms. The van der Waals surface area contributed by atoms with Crippen LogP contribution in [0, 0.1) is 0 Å². The first-order valence-electron chi connectivity index (χ1n) is 7.97. The van der Waals surface area contributed by atoms with Gasteiger partial charge in [0.2, 0.25) is 0 Å². The van der Waals surface area contributed by atoms with E-state index >= 15 is 0 Å². The lowest BCUT2D eigenvalue weighted by Gasteiger charge is -2.46. The molecule has 1 aromatic heterocycles. The van der Waals surface area contributed by atoms with Crippen molar-refractivity contribution in [3.8, 4) is 0 Å². The predicted molar refractivity (Wildman–Crippen MR) is 88.2 cm³/mol. The van der Waals surface area contributed by atoms with Gasteiger partial charge in [-0.25, -0.2) is 0 Å². The molecular formula is C16H27ClN4. The Bertz CT molecular complexity index is 442. The second-order valence-corrected chi connectivity index (χ2v) is 6.28. The van der Waals surface area contributed by atoms with Gasteiger partial charge in [0.25, 0.3) is 0 Å². The van der Waals surface area contributed by atoms with Crippen LogP contribution in [0.2, 0.25) is 5.02 Å². The molecule has 1 aliphatic carbocycles. The Hall–Kier alpha value is -0.680. The summed E-state index contributed by atoms with van der Waals surface area (Å²) in [6, 6.07) is 2.21. The van der Waals surface area contributed by atoms with Crippen LogP contribution in [0.3, 0.4) is 0 Å². The maximum Gasteiger partial charge on any atom is 0.0621 e. The normalized spacial score (nSPS) is 19.1. The molecule has 118 valence electrons. The first kappa shape index (κ1) is 16.7. The fourth-order valence-corrected chi connectivity index (χ4v) is 4.12. The third-order valence-electron chi connectivity index (χ3n) is 4.99. The molecule has 0 amide bonds. The van der Waals surface area contributed by atoms with E-state index in [1.165, 1.54) is 25.7 Å². The topological polar surface area (TPSA) is 54.2 Å². The summed E-state index contributed by atoms with van der Waals surface area (Å²) in [7, 11) is 0. The van der Waals surface area contributed by atoms with E-state index in [9.17, 15) is 0 Å². The largest absolute Gasteiger partial charge is 0.297 e. The molecule has 0 bridgehead atoms. The van der Waals surface area contributed by atoms with Gasteiger partial charge in [-0.3, -0.25) is 21.2 Å². The number of likely N-dealkylation sites (N-methyl/N-ethyl adjacent to an activating group) is 1. The van der Waals surface area contributed by atoms with Crippen LogP contribution in [0.4, 0.5) is 0 Å². The van der Waals surface area contributed by atoms with E-state index in [0.717, 1.165) is 30.1 Å². The molecule has 1 aliphatic rings. The van der Waals surface area contributed by atoms with Crippen molar-refractivity contribution in [3.63, 3.8) is 0 Å². The zero-order chi connectivity index (χ0) is 15.3. The van der Waals surface area contributed by atoms with Crippen LogP contribution < -0.4 is 11.3 Å². The monoisotopic (exact) mass is 310 g/mol. The summed E-state index contributed by atoms with van der Waals surface area (Å²) in [5.74, 6) is 5.95. The number of nitrogens with zero attached hydrogens (tertiary/aromatic N) is 2. The Morgan fingerprint density at radius 3 is 2.57 bits per heavy atom. The minimum atomic E-state index is 0.144. The number of hydrogen-bond donors (Lipinski definition) is 2. The highest BCUT2D eigenvalue weighted by molar-refractivity contribution is 6.31. The van der Waals surface area contributed by atoms with Crippen molar-refractivity contribution in [2.45, 2.75) is 57.5 Å². The third kappa shape index (κ3) is 3.39. The molecule has 2 rings (SSSR count). The van der Waals surface area contributed by atoms with Gasteiger partial charge in [-0.15, -0.1) is 0 Å². The van der Waals surface area contributed by atoms with Crippen LogP contribution in [0.25, 0.3) is 0 Å². The number of aromatic nitrogens is 1. The number of nitrogens with two attached hydrogens (primary N) is 1. The quantitative estimate of drug-likeness (QED) is 0.600. The average molecular weight is 311 g/mol. The number of hydrogen-bond acceptors (Lipinski definition) is 4. The Balaban J connectivity index is 2.26. The molecule has 0 radical (unpaired) electrons. The molecule has 0 aliphatic heterocycles. The van der Waals surface area contributed by atoms with Crippen LogP contribution in [0.15, 0.2) is 18.5 Å². The molecule has 1 heterocycles. The number of rotatable bonds is 7. The number of nitrogens with one attached hydrogen (secondary N) is 1. The SMILES string of the molecule is CCN(CC)C1(C(Cc2ccncc2Cl)NN)CCCC1. The zero-order valence-electron chi connectivity index (χ0n) is 13.1. The van der Waals surface area contributed by atoms with E-state index in [1.807, 2.05) is 6.07 Å². The van der Waals surface area contributed by atoms with Crippen LogP contribution in [0.5, 0.6) is 0 Å². The summed E-state index contributed by atoms with van der Waals surface area (Å²) in [6.07, 6.45) is 9.31. The van der Waals surface area contributed by atoms with Crippen LogP contribution in [-0.4, -0.2) is 34.6 Å². The van der Waals surface area contributed by atoms with Crippen molar-refractivity contribution in [3.05, 3.63) is 29.0 Å². The van der Waals surface area contributed by atoms with Crippen molar-refractivity contribution in [2.24, 2.45) is 5.84 Å². The standard InChI is InChI=1S/C16H27ClN4/c1-3-21(4-2)16(8-5-6-9-16)15(20-18)11-13-7-10-19-12-14(13)17/h7,10,12,15,20H,3-6,8-9,11,18H2,1-2H3. The van der Waals surface area contributed by atoms with Gasteiger partial charge in [-0.1, -0.05) is 38.3 Å². The maximum absolute atomic E-state index is 6.28. The van der Waals surface area contributed by atoms with Gasteiger partial charge in [-0.05, 0) is 44.0 Å². The summed E-state index contributed by atoms with van der Waals surface area (Å²) < 4.78 is 0. The molecule has 1 atom stereocenters. The Kier molecular flexibility index (Phi) is 5.99. The van der Waals surface area contributed by atoms with Crippen molar-refractivity contribution in [1.29, 1.82) is 0 Å². The fraction of sp³-hybridized carbons (Fsp3) is 0.688. The lowest BCUT2D eigenvalue weighted by molar-refractivity contribution is 0.0630. The second-order valence-electron chi connectivity index (χ2n) is 5.87. The van der Waals surface area contributed by atoms with Crippen molar-refractivity contribution in [2.75, 3.05) is 13.1 Å². The van der Waals surface area contributed by atoms with Gasteiger partial charge in [0.1, 0.15) is 0 Å². The molecule has 1 aromatic rings. The summed E-state index contributed by atoms with van der Waals surface area (Å²) in [5, 5.41) is 0.727. The zero-order valence-corrected chi connectivity index (χ0v) is 13.9. The predicted octanol–water partition coefficient (Wildman–Crippen LogP) is 2.76. The maximum atomic E-state index is 6.28. The Labute approximate surface area is 133 Å². The van der Waals surface area contributed by atoms with E-state index in [4.69, 9.17) is 17.4 Å². The highest BCUT2D eigenvalue weighted by atomic mass is 35.5. The van der Waals surface area contributed by atoms with Gasteiger partial charge in [0.05, 0.1) is 5.02 Å². The molecule has 3 N–H and O–H groups in total. The molecule has 0 aromatic carbocycles. The molecule has 5 heteroatoms. The molecule has 4 nitrogen and oxygen atoms in total. The molecule has 0 saturated heterocycles. The Morgan fingerprint density at radius 2 is 2.05 bits per heavy atom. The van der Waals surface area contributed by atoms with Gasteiger partial charge in [0, 0.05) is 24.0 Å².